The Morgan fingerprint density at radius 3 is 2.69 bits per heavy atom. The molecule has 0 radical (unpaired) electrons. The summed E-state index contributed by atoms with van der Waals surface area (Å²) in [7, 11) is 0. The molecule has 70 valence electrons. The largest absolute Gasteiger partial charge is 0.373 e. The molecule has 4 aliphatic rings. The Morgan fingerprint density at radius 1 is 1.08 bits per heavy atom. The minimum absolute atomic E-state index is 0.305. The molecule has 0 N–H and O–H groups in total. The molecule has 0 aromatic heterocycles. The van der Waals surface area contributed by atoms with Crippen molar-refractivity contribution in [2.24, 2.45) is 23.7 Å². The molecule has 2 aliphatic carbocycles. The molecule has 0 aromatic rings. The Morgan fingerprint density at radius 2 is 1.85 bits per heavy atom. The van der Waals surface area contributed by atoms with Crippen LogP contribution < -0.4 is 0 Å². The first-order chi connectivity index (χ1) is 6.34. The molecule has 2 heteroatoms. The number of hydrogen-bond acceptors (Lipinski definition) is 1. The summed E-state index contributed by atoms with van der Waals surface area (Å²) in [5.41, 5.74) is 0. The lowest BCUT2D eigenvalue weighted by atomic mass is 9.73. The highest BCUT2D eigenvalue weighted by molar-refractivity contribution is 6.21. The van der Waals surface area contributed by atoms with Crippen LogP contribution in [0.3, 0.4) is 0 Å². The molecule has 4 rings (SSSR count). The van der Waals surface area contributed by atoms with E-state index in [4.69, 9.17) is 16.3 Å². The molecular formula is C11H13ClO. The quantitative estimate of drug-likeness (QED) is 0.427. The van der Waals surface area contributed by atoms with Crippen LogP contribution in [0.4, 0.5) is 0 Å². The smallest absolute Gasteiger partial charge is 0.0781 e. The molecule has 13 heavy (non-hydrogen) atoms. The molecule has 4 bridgehead atoms. The van der Waals surface area contributed by atoms with Crippen LogP contribution in [0.15, 0.2) is 12.2 Å². The average Bonchev–Trinajstić information content (AvgIpc) is 2.78. The van der Waals surface area contributed by atoms with Gasteiger partial charge in [-0.15, -0.1) is 11.6 Å². The van der Waals surface area contributed by atoms with Crippen molar-refractivity contribution in [3.8, 4) is 0 Å². The molecular weight excluding hydrogens is 184 g/mol. The monoisotopic (exact) mass is 196 g/mol. The zero-order chi connectivity index (χ0) is 8.58. The van der Waals surface area contributed by atoms with Gasteiger partial charge in [-0.2, -0.15) is 0 Å². The van der Waals surface area contributed by atoms with Crippen molar-refractivity contribution in [2.75, 3.05) is 0 Å². The van der Waals surface area contributed by atoms with Gasteiger partial charge in [0.1, 0.15) is 0 Å². The lowest BCUT2D eigenvalue weighted by molar-refractivity contribution is 0.0757. The second-order valence-corrected chi connectivity index (χ2v) is 5.55. The molecule has 7 unspecified atom stereocenters. The minimum Gasteiger partial charge on any atom is -0.373 e. The number of fused-ring (bicyclic) bond motifs is 9. The highest BCUT2D eigenvalue weighted by Gasteiger charge is 2.62. The van der Waals surface area contributed by atoms with Crippen LogP contribution in [-0.2, 0) is 4.74 Å². The molecule has 1 saturated carbocycles. The zero-order valence-electron chi connectivity index (χ0n) is 7.40. The number of halogens is 1. The highest BCUT2D eigenvalue weighted by atomic mass is 35.5. The SMILES string of the molecule is ClC1CC2OC1C1C3C=CC(C3)C21. The van der Waals surface area contributed by atoms with Gasteiger partial charge in [0.05, 0.1) is 17.6 Å². The molecule has 2 saturated heterocycles. The summed E-state index contributed by atoms with van der Waals surface area (Å²) in [6.45, 7) is 0. The fourth-order valence-corrected chi connectivity index (χ4v) is 4.57. The maximum atomic E-state index is 6.26. The van der Waals surface area contributed by atoms with E-state index in [1.807, 2.05) is 0 Å². The van der Waals surface area contributed by atoms with Crippen LogP contribution in [-0.4, -0.2) is 17.6 Å². The van der Waals surface area contributed by atoms with E-state index in [2.05, 4.69) is 12.2 Å². The van der Waals surface area contributed by atoms with Crippen LogP contribution in [0.5, 0.6) is 0 Å². The minimum atomic E-state index is 0.305. The van der Waals surface area contributed by atoms with Crippen LogP contribution in [0, 0.1) is 23.7 Å². The van der Waals surface area contributed by atoms with Gasteiger partial charge in [0, 0.05) is 0 Å². The fourth-order valence-electron chi connectivity index (χ4n) is 4.16. The molecule has 2 aliphatic heterocycles. The van der Waals surface area contributed by atoms with Crippen molar-refractivity contribution in [1.82, 2.24) is 0 Å². The van der Waals surface area contributed by atoms with Crippen molar-refractivity contribution < 1.29 is 4.74 Å². The van der Waals surface area contributed by atoms with E-state index in [0.717, 1.165) is 30.1 Å². The topological polar surface area (TPSA) is 9.23 Å². The summed E-state index contributed by atoms with van der Waals surface area (Å²) in [5, 5.41) is 0.305. The van der Waals surface area contributed by atoms with Crippen molar-refractivity contribution in [2.45, 2.75) is 30.4 Å². The van der Waals surface area contributed by atoms with Gasteiger partial charge in [-0.3, -0.25) is 0 Å². The fraction of sp³-hybridized carbons (Fsp3) is 0.818. The molecule has 7 atom stereocenters. The van der Waals surface area contributed by atoms with E-state index in [9.17, 15) is 0 Å². The lowest BCUT2D eigenvalue weighted by Crippen LogP contribution is -2.36. The van der Waals surface area contributed by atoms with Crippen LogP contribution in [0.2, 0.25) is 0 Å². The summed E-state index contributed by atoms with van der Waals surface area (Å²) in [4.78, 5) is 0. The molecule has 0 spiro atoms. The van der Waals surface area contributed by atoms with E-state index < -0.39 is 0 Å². The van der Waals surface area contributed by atoms with Gasteiger partial charge in [-0.1, -0.05) is 12.2 Å². The Bertz CT molecular complexity index is 288. The summed E-state index contributed by atoms with van der Waals surface area (Å²) < 4.78 is 5.96. The second-order valence-electron chi connectivity index (χ2n) is 4.99. The van der Waals surface area contributed by atoms with Crippen molar-refractivity contribution in [3.63, 3.8) is 0 Å². The third-order valence-corrected chi connectivity index (χ3v) is 4.96. The molecule has 2 heterocycles. The van der Waals surface area contributed by atoms with E-state index in [0.29, 0.717) is 17.6 Å². The first-order valence-corrected chi connectivity index (χ1v) is 5.76. The average molecular weight is 197 g/mol. The Balaban J connectivity index is 1.79. The van der Waals surface area contributed by atoms with E-state index >= 15 is 0 Å². The summed E-state index contributed by atoms with van der Waals surface area (Å²) in [6.07, 6.45) is 8.19. The first-order valence-electron chi connectivity index (χ1n) is 5.32. The van der Waals surface area contributed by atoms with E-state index in [-0.39, 0.29) is 0 Å². The molecule has 3 fully saturated rings. The predicted octanol–water partition coefficient (Wildman–Crippen LogP) is 2.20. The molecule has 1 nitrogen and oxygen atoms in total. The second kappa shape index (κ2) is 2.14. The maximum Gasteiger partial charge on any atom is 0.0781 e. The van der Waals surface area contributed by atoms with Crippen LogP contribution in [0.1, 0.15) is 12.8 Å². The molecule has 0 aromatic carbocycles. The number of ether oxygens (including phenoxy) is 1. The zero-order valence-corrected chi connectivity index (χ0v) is 8.15. The lowest BCUT2D eigenvalue weighted by Gasteiger charge is -2.30. The van der Waals surface area contributed by atoms with Gasteiger partial charge < -0.3 is 4.74 Å². The first kappa shape index (κ1) is 7.30. The third-order valence-electron chi connectivity index (χ3n) is 4.54. The Kier molecular flexibility index (Phi) is 1.20. The number of rotatable bonds is 0. The predicted molar refractivity (Wildman–Crippen MR) is 50.6 cm³/mol. The van der Waals surface area contributed by atoms with E-state index in [1.165, 1.54) is 6.42 Å². The summed E-state index contributed by atoms with van der Waals surface area (Å²) >= 11 is 6.26. The highest BCUT2D eigenvalue weighted by Crippen LogP contribution is 2.60. The van der Waals surface area contributed by atoms with Gasteiger partial charge in [-0.05, 0) is 36.5 Å². The summed E-state index contributed by atoms with van der Waals surface area (Å²) in [5.74, 6) is 3.23. The maximum absolute atomic E-state index is 6.26. The van der Waals surface area contributed by atoms with Gasteiger partial charge in [0.2, 0.25) is 0 Å². The van der Waals surface area contributed by atoms with Gasteiger partial charge in [-0.25, -0.2) is 0 Å². The van der Waals surface area contributed by atoms with Crippen LogP contribution in [0.25, 0.3) is 0 Å². The van der Waals surface area contributed by atoms with Gasteiger partial charge >= 0.3 is 0 Å². The number of hydrogen-bond donors (Lipinski definition) is 0. The molecule has 0 amide bonds. The van der Waals surface area contributed by atoms with Gasteiger partial charge in [0.25, 0.3) is 0 Å². The van der Waals surface area contributed by atoms with Crippen molar-refractivity contribution in [1.29, 1.82) is 0 Å². The number of alkyl halides is 1. The van der Waals surface area contributed by atoms with Crippen molar-refractivity contribution >= 4 is 11.6 Å². The Hall–Kier alpha value is -0.0100. The van der Waals surface area contributed by atoms with E-state index in [1.54, 1.807) is 0 Å². The number of allylic oxidation sites excluding steroid dienone is 2. The van der Waals surface area contributed by atoms with Crippen molar-refractivity contribution in [3.05, 3.63) is 12.2 Å². The Labute approximate surface area is 83.1 Å². The van der Waals surface area contributed by atoms with Gasteiger partial charge in [0.15, 0.2) is 0 Å². The standard InChI is InChI=1S/C11H13ClO/c12-7-4-8-9-5-1-2-6(3-5)10(9)11(7)13-8/h1-2,5-11H,3-4H2. The van der Waals surface area contributed by atoms with Crippen LogP contribution >= 0.6 is 11.6 Å². The summed E-state index contributed by atoms with van der Waals surface area (Å²) in [6, 6.07) is 0. The normalized spacial score (nSPS) is 66.4. The third kappa shape index (κ3) is 0.712.